The maximum Gasteiger partial charge on any atom is 0.0654 e. The normalized spacial score (nSPS) is 10.3. The Hall–Kier alpha value is -1.34. The molecule has 1 heterocycles. The highest BCUT2D eigenvalue weighted by atomic mass is 127. The van der Waals surface area contributed by atoms with Crippen LogP contribution >= 0.6 is 22.9 Å². The third-order valence-corrected chi connectivity index (χ3v) is 3.61. The number of pyridine rings is 1. The van der Waals surface area contributed by atoms with Gasteiger partial charge in [0, 0.05) is 5.69 Å². The van der Waals surface area contributed by atoms with Gasteiger partial charge < -0.3 is 3.11 Å². The first-order valence-corrected chi connectivity index (χ1v) is 6.90. The molecule has 0 radical (unpaired) electrons. The standard InChI is InChI=1S/C14H16IN3O/c1-11-7-8-13(9-16-11)18(15)10-12-5-3-4-6-14(12)17-19-2/h3-9,17H,10H2,1-2H3. The number of benzene rings is 1. The van der Waals surface area contributed by atoms with E-state index < -0.39 is 0 Å². The van der Waals surface area contributed by atoms with Gasteiger partial charge in [-0.15, -0.1) is 0 Å². The number of halogens is 1. The van der Waals surface area contributed by atoms with Crippen molar-refractivity contribution in [1.82, 2.24) is 4.98 Å². The zero-order valence-electron chi connectivity index (χ0n) is 10.9. The Bertz CT molecular complexity index is 530. The van der Waals surface area contributed by atoms with Crippen LogP contribution in [0.1, 0.15) is 11.3 Å². The van der Waals surface area contributed by atoms with Gasteiger partial charge in [-0.2, -0.15) is 0 Å². The smallest absolute Gasteiger partial charge is 0.0654 e. The molecular weight excluding hydrogens is 353 g/mol. The lowest BCUT2D eigenvalue weighted by Crippen LogP contribution is -2.11. The number of hydrogen-bond acceptors (Lipinski definition) is 4. The van der Waals surface area contributed by atoms with Crippen molar-refractivity contribution in [3.8, 4) is 0 Å². The number of nitrogens with zero attached hydrogens (tertiary/aromatic N) is 2. The van der Waals surface area contributed by atoms with Crippen LogP contribution in [-0.2, 0) is 11.4 Å². The molecule has 0 unspecified atom stereocenters. The Kier molecular flexibility index (Phi) is 4.98. The van der Waals surface area contributed by atoms with E-state index in [0.717, 1.165) is 23.6 Å². The molecule has 2 rings (SSSR count). The van der Waals surface area contributed by atoms with Crippen LogP contribution in [0, 0.1) is 6.92 Å². The molecule has 5 heteroatoms. The highest BCUT2D eigenvalue weighted by Gasteiger charge is 2.07. The summed E-state index contributed by atoms with van der Waals surface area (Å²) in [6, 6.07) is 12.2. The Morgan fingerprint density at radius 2 is 2.05 bits per heavy atom. The van der Waals surface area contributed by atoms with Crippen molar-refractivity contribution in [3.63, 3.8) is 0 Å². The molecule has 0 aliphatic rings. The number of rotatable bonds is 5. The van der Waals surface area contributed by atoms with Crippen molar-refractivity contribution in [2.24, 2.45) is 0 Å². The average Bonchev–Trinajstić information content (AvgIpc) is 2.42. The van der Waals surface area contributed by atoms with E-state index in [1.54, 1.807) is 7.11 Å². The van der Waals surface area contributed by atoms with Gasteiger partial charge in [0.25, 0.3) is 0 Å². The van der Waals surface area contributed by atoms with Gasteiger partial charge >= 0.3 is 0 Å². The topological polar surface area (TPSA) is 37.4 Å². The third-order valence-electron chi connectivity index (χ3n) is 2.71. The van der Waals surface area contributed by atoms with Crippen LogP contribution in [0.3, 0.4) is 0 Å². The predicted octanol–water partition coefficient (Wildman–Crippen LogP) is 3.72. The number of aryl methyl sites for hydroxylation is 1. The summed E-state index contributed by atoms with van der Waals surface area (Å²) in [5.74, 6) is 0. The van der Waals surface area contributed by atoms with E-state index >= 15 is 0 Å². The largest absolute Gasteiger partial charge is 0.309 e. The molecule has 0 aliphatic heterocycles. The number of nitrogens with one attached hydrogen (secondary N) is 1. The zero-order valence-corrected chi connectivity index (χ0v) is 13.1. The monoisotopic (exact) mass is 369 g/mol. The molecule has 1 N–H and O–H groups in total. The van der Waals surface area contributed by atoms with Crippen molar-refractivity contribution in [1.29, 1.82) is 0 Å². The van der Waals surface area contributed by atoms with E-state index in [1.165, 1.54) is 5.56 Å². The van der Waals surface area contributed by atoms with Crippen molar-refractivity contribution >= 4 is 34.2 Å². The first-order valence-electron chi connectivity index (χ1n) is 5.93. The van der Waals surface area contributed by atoms with Gasteiger partial charge in [0.2, 0.25) is 0 Å². The summed E-state index contributed by atoms with van der Waals surface area (Å²) in [5, 5.41) is 0. The third kappa shape index (κ3) is 3.81. The summed E-state index contributed by atoms with van der Waals surface area (Å²) in [6.45, 7) is 2.76. The first kappa shape index (κ1) is 14.1. The van der Waals surface area contributed by atoms with Crippen LogP contribution in [0.5, 0.6) is 0 Å². The van der Waals surface area contributed by atoms with E-state index in [-0.39, 0.29) is 0 Å². The van der Waals surface area contributed by atoms with Crippen molar-refractivity contribution in [2.75, 3.05) is 15.7 Å². The van der Waals surface area contributed by atoms with Crippen LogP contribution in [0.15, 0.2) is 42.6 Å². The highest BCUT2D eigenvalue weighted by Crippen LogP contribution is 2.24. The quantitative estimate of drug-likeness (QED) is 0.495. The zero-order chi connectivity index (χ0) is 13.7. The molecule has 0 spiro atoms. The van der Waals surface area contributed by atoms with Gasteiger partial charge in [-0.05, 0) is 30.7 Å². The van der Waals surface area contributed by atoms with Gasteiger partial charge in [-0.1, -0.05) is 18.2 Å². The second-order valence-electron chi connectivity index (χ2n) is 4.14. The van der Waals surface area contributed by atoms with E-state index in [0.29, 0.717) is 0 Å². The number of aromatic nitrogens is 1. The fourth-order valence-corrected chi connectivity index (χ4v) is 2.36. The van der Waals surface area contributed by atoms with Crippen LogP contribution in [0.2, 0.25) is 0 Å². The number of para-hydroxylation sites is 1. The summed E-state index contributed by atoms with van der Waals surface area (Å²) in [7, 11) is 1.61. The number of anilines is 2. The molecule has 2 aromatic rings. The molecule has 0 amide bonds. The lowest BCUT2D eigenvalue weighted by Gasteiger charge is -2.18. The molecule has 19 heavy (non-hydrogen) atoms. The molecule has 0 saturated carbocycles. The SMILES string of the molecule is CONc1ccccc1CN(I)c1ccc(C)nc1. The maximum atomic E-state index is 4.99. The Morgan fingerprint density at radius 3 is 2.74 bits per heavy atom. The summed E-state index contributed by atoms with van der Waals surface area (Å²) in [6.07, 6.45) is 1.88. The summed E-state index contributed by atoms with van der Waals surface area (Å²) >= 11 is 2.29. The molecule has 0 aliphatic carbocycles. The van der Waals surface area contributed by atoms with Gasteiger partial charge in [0.15, 0.2) is 0 Å². The molecule has 1 aromatic heterocycles. The molecule has 100 valence electrons. The summed E-state index contributed by atoms with van der Waals surface area (Å²) < 4.78 is 2.13. The van der Waals surface area contributed by atoms with Gasteiger partial charge in [0.1, 0.15) is 0 Å². The average molecular weight is 369 g/mol. The van der Waals surface area contributed by atoms with Crippen LogP contribution in [0.25, 0.3) is 0 Å². The lowest BCUT2D eigenvalue weighted by atomic mass is 10.2. The Labute approximate surface area is 127 Å². The van der Waals surface area contributed by atoms with Crippen molar-refractivity contribution in [2.45, 2.75) is 13.5 Å². The molecule has 0 atom stereocenters. The van der Waals surface area contributed by atoms with Crippen molar-refractivity contribution < 1.29 is 4.84 Å². The first-order chi connectivity index (χ1) is 9.20. The van der Waals surface area contributed by atoms with Crippen molar-refractivity contribution in [3.05, 3.63) is 53.9 Å². The van der Waals surface area contributed by atoms with E-state index in [1.807, 2.05) is 37.4 Å². The summed E-state index contributed by atoms with van der Waals surface area (Å²) in [4.78, 5) is 9.30. The molecule has 4 nitrogen and oxygen atoms in total. The lowest BCUT2D eigenvalue weighted by molar-refractivity contribution is 0.270. The fraction of sp³-hybridized carbons (Fsp3) is 0.214. The second kappa shape index (κ2) is 6.72. The highest BCUT2D eigenvalue weighted by molar-refractivity contribution is 14.1. The minimum atomic E-state index is 0.776. The van der Waals surface area contributed by atoms with Crippen LogP contribution in [-0.4, -0.2) is 12.1 Å². The number of hydrogen-bond donors (Lipinski definition) is 1. The van der Waals surface area contributed by atoms with Crippen LogP contribution in [0.4, 0.5) is 11.4 Å². The minimum Gasteiger partial charge on any atom is -0.309 e. The molecule has 0 saturated heterocycles. The molecular formula is C14H16IN3O. The molecule has 0 fully saturated rings. The Balaban J connectivity index is 2.14. The Morgan fingerprint density at radius 1 is 1.26 bits per heavy atom. The summed E-state index contributed by atoms with van der Waals surface area (Å²) in [5.41, 5.74) is 7.15. The van der Waals surface area contributed by atoms with Gasteiger partial charge in [0.05, 0.1) is 54.1 Å². The van der Waals surface area contributed by atoms with E-state index in [9.17, 15) is 0 Å². The molecule has 0 bridgehead atoms. The van der Waals surface area contributed by atoms with Gasteiger partial charge in [-0.25, -0.2) is 0 Å². The van der Waals surface area contributed by atoms with E-state index in [2.05, 4.69) is 48.6 Å². The van der Waals surface area contributed by atoms with Crippen LogP contribution < -0.4 is 8.59 Å². The fourth-order valence-electron chi connectivity index (χ4n) is 1.71. The van der Waals surface area contributed by atoms with E-state index in [4.69, 9.17) is 4.84 Å². The second-order valence-corrected chi connectivity index (χ2v) is 5.31. The van der Waals surface area contributed by atoms with Gasteiger partial charge in [-0.3, -0.25) is 15.3 Å². The molecule has 1 aromatic carbocycles. The maximum absolute atomic E-state index is 4.99. The minimum absolute atomic E-state index is 0.776. The predicted molar refractivity (Wildman–Crippen MR) is 86.3 cm³/mol.